The summed E-state index contributed by atoms with van der Waals surface area (Å²) in [4.78, 5) is 86.6. The van der Waals surface area contributed by atoms with Crippen LogP contribution in [0.1, 0.15) is 51.2 Å². The van der Waals surface area contributed by atoms with Gasteiger partial charge in [-0.05, 0) is 38.2 Å². The van der Waals surface area contributed by atoms with E-state index in [-0.39, 0.29) is 79.2 Å². The molecule has 4 aromatic rings. The van der Waals surface area contributed by atoms with Crippen LogP contribution in [0.4, 0.5) is 22.9 Å². The first-order valence-electron chi connectivity index (χ1n) is 19.4. The van der Waals surface area contributed by atoms with Gasteiger partial charge in [-0.25, -0.2) is 33.4 Å². The summed E-state index contributed by atoms with van der Waals surface area (Å²) in [6.07, 6.45) is -2.92. The Morgan fingerprint density at radius 3 is 2.37 bits per heavy atom. The van der Waals surface area contributed by atoms with Crippen molar-refractivity contribution in [2.75, 3.05) is 24.2 Å². The molecule has 1 aromatic carbocycles. The molecule has 1 saturated heterocycles. The summed E-state index contributed by atoms with van der Waals surface area (Å²) in [6, 6.07) is 2.64. The number of amides is 1. The zero-order chi connectivity index (χ0) is 49.4. The van der Waals surface area contributed by atoms with E-state index in [1.54, 1.807) is 0 Å². The quantitative estimate of drug-likeness (QED) is 0.0186. The molecule has 67 heavy (non-hydrogen) atoms. The maximum absolute atomic E-state index is 12.8. The Bertz CT molecular complexity index is 2620. The lowest BCUT2D eigenvalue weighted by Crippen LogP contribution is -2.40. The van der Waals surface area contributed by atoms with Gasteiger partial charge in [-0.3, -0.25) is 38.7 Å². The van der Waals surface area contributed by atoms with Gasteiger partial charge in [-0.15, -0.1) is 0 Å². The zero-order valence-electron chi connectivity index (χ0n) is 34.3. The number of aromatic hydroxyl groups is 2. The third-order valence-corrected chi connectivity index (χ3v) is 16.0. The Kier molecular flexibility index (Phi) is 17.4. The molecule has 1 aliphatic heterocycles. The van der Waals surface area contributed by atoms with Gasteiger partial charge in [-0.1, -0.05) is 6.42 Å². The number of phosphoric ester groups is 1. The highest BCUT2D eigenvalue weighted by atomic mass is 32.7. The third-order valence-electron chi connectivity index (χ3n) is 9.58. The molecule has 8 unspecified atom stereocenters. The molecule has 1 amide bonds. The van der Waals surface area contributed by atoms with Crippen LogP contribution in [0.3, 0.4) is 0 Å². The van der Waals surface area contributed by atoms with Gasteiger partial charge >= 0.3 is 28.4 Å². The molecule has 4 heterocycles. The first-order chi connectivity index (χ1) is 31.4. The van der Waals surface area contributed by atoms with Crippen LogP contribution < -0.4 is 16.4 Å². The number of phosphoric acid groups is 2. The predicted octanol–water partition coefficient (Wildman–Crippen LogP) is 2.61. The molecule has 12 N–H and O–H groups in total. The Hall–Kier alpha value is -5.33. The number of carboxylic acid groups (broad SMARTS) is 1. The number of carbonyl (C=O) groups excluding carboxylic acids is 1. The van der Waals surface area contributed by atoms with E-state index in [0.29, 0.717) is 12.8 Å². The van der Waals surface area contributed by atoms with Crippen molar-refractivity contribution in [3.63, 3.8) is 0 Å². The van der Waals surface area contributed by atoms with Crippen LogP contribution in [-0.2, 0) is 47.7 Å². The summed E-state index contributed by atoms with van der Waals surface area (Å²) >= 11 is -0.260. The highest BCUT2D eigenvalue weighted by Crippen LogP contribution is 2.73. The fourth-order valence-electron chi connectivity index (χ4n) is 6.44. The Morgan fingerprint density at radius 2 is 1.69 bits per heavy atom. The van der Waals surface area contributed by atoms with E-state index in [4.69, 9.17) is 10.5 Å². The molecule has 31 nitrogen and oxygen atoms in total. The normalized spacial score (nSPS) is 20.4. The number of unbranched alkanes of at least 4 members (excludes halogenated alkanes) is 3. The molecule has 35 heteroatoms. The minimum absolute atomic E-state index is 0.00421. The van der Waals surface area contributed by atoms with E-state index < -0.39 is 109 Å². The number of nitrogens with two attached hydrogens (primary N) is 1. The van der Waals surface area contributed by atoms with Gasteiger partial charge in [0, 0.05) is 43.0 Å². The SMILES string of the molecule is Nc1ncnc2c1ncn2C1OC(COP(=O)(O)OP(=O)(O)OP(=O)(O)Sc2cc(O)n(CCCCCC(=O)NC(CCCCNc3ccc([N+](=O)[O-])cc3[N+](=O)[O-])C(=O)O)c2O)C(O)C1O. The van der Waals surface area contributed by atoms with Crippen LogP contribution in [-0.4, -0.2) is 124 Å². The van der Waals surface area contributed by atoms with Crippen molar-refractivity contribution in [3.05, 3.63) is 57.1 Å². The number of aliphatic hydroxyl groups excluding tert-OH is 2. The van der Waals surface area contributed by atoms with E-state index in [0.717, 1.165) is 29.1 Å². The van der Waals surface area contributed by atoms with E-state index in [1.165, 1.54) is 17.0 Å². The summed E-state index contributed by atoms with van der Waals surface area (Å²) < 4.78 is 58.5. The number of nitro benzene ring substituents is 2. The average Bonchev–Trinajstić information content (AvgIpc) is 3.87. The number of imidazole rings is 1. The van der Waals surface area contributed by atoms with Crippen molar-refractivity contribution in [3.8, 4) is 11.8 Å². The number of fused-ring (bicyclic) bond motifs is 1. The first kappa shape index (κ1) is 52.6. The van der Waals surface area contributed by atoms with Crippen molar-refractivity contribution in [1.82, 2.24) is 29.4 Å². The molecule has 368 valence electrons. The number of aromatic nitrogens is 5. The van der Waals surface area contributed by atoms with Gasteiger partial charge in [0.05, 0.1) is 33.7 Å². The molecule has 3 aromatic heterocycles. The molecule has 1 fully saturated rings. The van der Waals surface area contributed by atoms with Gasteiger partial charge in [0.1, 0.15) is 41.9 Å². The minimum Gasteiger partial charge on any atom is -0.494 e. The summed E-state index contributed by atoms with van der Waals surface area (Å²) in [5, 5.41) is 79.0. The molecule has 0 bridgehead atoms. The van der Waals surface area contributed by atoms with Crippen LogP contribution in [0.5, 0.6) is 11.8 Å². The number of rotatable bonds is 26. The predicted molar refractivity (Wildman–Crippen MR) is 227 cm³/mol. The smallest absolute Gasteiger partial charge is 0.488 e. The van der Waals surface area contributed by atoms with E-state index in [1.807, 2.05) is 0 Å². The molecular formula is C32H43N10O21P3S. The molecule has 0 saturated carbocycles. The number of ether oxygens (including phenoxy) is 1. The molecule has 0 spiro atoms. The number of nitrogens with zero attached hydrogens (tertiary/aromatic N) is 7. The number of aliphatic carboxylic acids is 1. The summed E-state index contributed by atoms with van der Waals surface area (Å²) in [7, 11) is -11.6. The van der Waals surface area contributed by atoms with Crippen molar-refractivity contribution in [2.24, 2.45) is 0 Å². The maximum Gasteiger partial charge on any atom is 0.488 e. The van der Waals surface area contributed by atoms with Crippen LogP contribution in [0.2, 0.25) is 0 Å². The lowest BCUT2D eigenvalue weighted by molar-refractivity contribution is -0.393. The van der Waals surface area contributed by atoms with Crippen molar-refractivity contribution < 1.29 is 91.2 Å². The molecule has 8 atom stereocenters. The van der Waals surface area contributed by atoms with Crippen molar-refractivity contribution >= 4 is 79.7 Å². The lowest BCUT2D eigenvalue weighted by atomic mass is 10.1. The number of benzene rings is 1. The second-order valence-corrected chi connectivity index (χ2v) is 21.3. The second-order valence-electron chi connectivity index (χ2n) is 14.3. The number of hydrogen-bond acceptors (Lipinski definition) is 23. The number of carboxylic acids is 1. The van der Waals surface area contributed by atoms with E-state index in [2.05, 4.69) is 38.7 Å². The Labute approximate surface area is 379 Å². The summed E-state index contributed by atoms with van der Waals surface area (Å²) in [5.41, 5.74) is 5.05. The minimum atomic E-state index is -5.96. The number of carbonyl (C=O) groups is 2. The third kappa shape index (κ3) is 14.1. The Balaban J connectivity index is 1.02. The van der Waals surface area contributed by atoms with Crippen LogP contribution >= 0.6 is 33.8 Å². The van der Waals surface area contributed by atoms with Gasteiger partial charge in [0.2, 0.25) is 11.8 Å². The first-order valence-corrected chi connectivity index (χ1v) is 25.4. The Morgan fingerprint density at radius 1 is 0.955 bits per heavy atom. The number of hydrogen-bond donors (Lipinski definition) is 11. The topological polar surface area (TPSA) is 469 Å². The number of nitrogen functional groups attached to an aromatic ring is 1. The zero-order valence-corrected chi connectivity index (χ0v) is 37.8. The molecular weight excluding hydrogens is 985 g/mol. The van der Waals surface area contributed by atoms with Crippen LogP contribution in [0, 0.1) is 20.2 Å². The molecule has 0 aliphatic carbocycles. The van der Waals surface area contributed by atoms with E-state index in [9.17, 15) is 83.7 Å². The highest BCUT2D eigenvalue weighted by Gasteiger charge is 2.47. The number of non-ortho nitro benzene ring substituents is 1. The highest BCUT2D eigenvalue weighted by molar-refractivity contribution is 8.55. The second kappa shape index (κ2) is 22.2. The summed E-state index contributed by atoms with van der Waals surface area (Å²) in [6.45, 7) is -6.44. The number of nitro groups is 2. The largest absolute Gasteiger partial charge is 0.494 e. The monoisotopic (exact) mass is 1030 g/mol. The lowest BCUT2D eigenvalue weighted by Gasteiger charge is -2.20. The van der Waals surface area contributed by atoms with Crippen molar-refractivity contribution in [2.45, 2.75) is 87.0 Å². The van der Waals surface area contributed by atoms with E-state index >= 15 is 0 Å². The maximum atomic E-state index is 12.8. The van der Waals surface area contributed by atoms with Gasteiger partial charge < -0.3 is 61.3 Å². The summed E-state index contributed by atoms with van der Waals surface area (Å²) in [5.74, 6) is -3.34. The fourth-order valence-corrected chi connectivity index (χ4v) is 12.4. The molecule has 1 aliphatic rings. The average molecular weight is 1030 g/mol. The fraction of sp³-hybridized carbons (Fsp3) is 0.469. The van der Waals surface area contributed by atoms with Gasteiger partial charge in [0.15, 0.2) is 23.6 Å². The number of anilines is 2. The van der Waals surface area contributed by atoms with Gasteiger partial charge in [0.25, 0.3) is 11.4 Å². The molecule has 5 rings (SSSR count). The number of nitrogens with one attached hydrogen (secondary N) is 2. The molecule has 0 radical (unpaired) electrons. The van der Waals surface area contributed by atoms with Crippen molar-refractivity contribution in [1.29, 1.82) is 0 Å². The van der Waals surface area contributed by atoms with Crippen LogP contribution in [0.15, 0.2) is 41.8 Å². The number of aliphatic hydroxyl groups is 2. The van der Waals surface area contributed by atoms with Gasteiger partial charge in [-0.2, -0.15) is 8.62 Å². The standard InChI is InChI=1S/C32H43N10O21P3S/c33-28-25-29(36-15-35-28)40(16-37-25)31-27(46)26(45)21(61-31)14-60-64(54,55)62-65(56,57)63-66(58,59)67-22-13-24(44)39(30(22)47)11-5-1-2-7-23(43)38-19(32(48)49)6-3-4-10-34-18-9-8-17(41(50)51)12-20(18)42(52)53/h8-9,12-13,15-16,19,21,26-27,31,34,44-47H,1-7,10-11,14H2,(H,38,43)(H,48,49)(H,54,55)(H,56,57)(H,58,59)(H2,33,35,36). The van der Waals surface area contributed by atoms with Crippen LogP contribution in [0.25, 0.3) is 11.2 Å².